The lowest BCUT2D eigenvalue weighted by atomic mass is 10.0. The molecular weight excluding hydrogens is 224 g/mol. The van der Waals surface area contributed by atoms with E-state index in [9.17, 15) is 0 Å². The van der Waals surface area contributed by atoms with E-state index in [-0.39, 0.29) is 0 Å². The zero-order chi connectivity index (χ0) is 12.5. The number of ether oxygens (including phenoxy) is 1. The number of H-pyrrole nitrogens is 1. The van der Waals surface area contributed by atoms with Crippen molar-refractivity contribution in [1.29, 1.82) is 0 Å². The molecule has 2 heterocycles. The number of aromatic nitrogens is 1. The number of fused-ring (bicyclic) bond motifs is 1. The van der Waals surface area contributed by atoms with Crippen LogP contribution in [0.1, 0.15) is 24.1 Å². The second-order valence-electron chi connectivity index (χ2n) is 5.11. The number of methoxy groups -OCH3 is 1. The first-order chi connectivity index (χ1) is 8.79. The van der Waals surface area contributed by atoms with Gasteiger partial charge < -0.3 is 15.0 Å². The van der Waals surface area contributed by atoms with Gasteiger partial charge in [0.05, 0.1) is 12.6 Å². The maximum absolute atomic E-state index is 5.42. The van der Waals surface area contributed by atoms with Crippen LogP contribution >= 0.6 is 0 Å². The van der Waals surface area contributed by atoms with E-state index in [0.717, 1.165) is 24.2 Å². The summed E-state index contributed by atoms with van der Waals surface area (Å²) < 4.78 is 5.42. The average molecular weight is 244 g/mol. The molecule has 1 atom stereocenters. The van der Waals surface area contributed by atoms with Crippen LogP contribution in [0.15, 0.2) is 18.2 Å². The van der Waals surface area contributed by atoms with Crippen molar-refractivity contribution in [2.45, 2.75) is 32.2 Å². The molecule has 1 fully saturated rings. The Morgan fingerprint density at radius 3 is 3.00 bits per heavy atom. The van der Waals surface area contributed by atoms with E-state index < -0.39 is 0 Å². The van der Waals surface area contributed by atoms with E-state index in [0.29, 0.717) is 6.04 Å². The Kier molecular flexibility index (Phi) is 3.00. The molecule has 1 aliphatic heterocycles. The number of hydrogen-bond donors (Lipinski definition) is 2. The van der Waals surface area contributed by atoms with Crippen LogP contribution in [-0.4, -0.2) is 24.7 Å². The fourth-order valence-corrected chi connectivity index (χ4v) is 2.99. The number of nitrogens with one attached hydrogen (secondary N) is 2. The second-order valence-corrected chi connectivity index (χ2v) is 5.11. The monoisotopic (exact) mass is 244 g/mol. The van der Waals surface area contributed by atoms with E-state index in [1.165, 1.54) is 29.5 Å². The summed E-state index contributed by atoms with van der Waals surface area (Å²) in [5, 5.41) is 4.88. The van der Waals surface area contributed by atoms with Crippen LogP contribution in [0.25, 0.3) is 10.9 Å². The van der Waals surface area contributed by atoms with Gasteiger partial charge in [-0.3, -0.25) is 0 Å². The third-order valence-electron chi connectivity index (χ3n) is 3.95. The van der Waals surface area contributed by atoms with Crippen LogP contribution in [0.4, 0.5) is 0 Å². The lowest BCUT2D eigenvalue weighted by Gasteiger charge is -2.10. The topological polar surface area (TPSA) is 37.0 Å². The van der Waals surface area contributed by atoms with Crippen LogP contribution in [-0.2, 0) is 6.42 Å². The van der Waals surface area contributed by atoms with Crippen molar-refractivity contribution < 1.29 is 4.74 Å². The van der Waals surface area contributed by atoms with Crippen molar-refractivity contribution in [2.24, 2.45) is 0 Å². The summed E-state index contributed by atoms with van der Waals surface area (Å²) in [5.74, 6) is 0.932. The fourth-order valence-electron chi connectivity index (χ4n) is 2.99. The fraction of sp³-hybridized carbons (Fsp3) is 0.467. The minimum atomic E-state index is 0.633. The highest BCUT2D eigenvalue weighted by Gasteiger charge is 2.19. The standard InChI is InChI=1S/C15H20N2O/c1-10-13(9-11-5-4-8-16-11)12-6-3-7-14(18-2)15(12)17-10/h3,6-7,11,16-17H,4-5,8-9H2,1-2H3. The largest absolute Gasteiger partial charge is 0.495 e. The van der Waals surface area contributed by atoms with Crippen molar-refractivity contribution in [3.8, 4) is 5.75 Å². The van der Waals surface area contributed by atoms with E-state index in [1.807, 2.05) is 6.07 Å². The summed E-state index contributed by atoms with van der Waals surface area (Å²) in [5.41, 5.74) is 3.83. The number of rotatable bonds is 3. The molecule has 96 valence electrons. The first-order valence-corrected chi connectivity index (χ1v) is 6.67. The summed E-state index contributed by atoms with van der Waals surface area (Å²) in [6.45, 7) is 3.32. The first-order valence-electron chi connectivity index (χ1n) is 6.67. The van der Waals surface area contributed by atoms with E-state index in [1.54, 1.807) is 7.11 Å². The van der Waals surface area contributed by atoms with Gasteiger partial charge in [0, 0.05) is 17.1 Å². The number of aromatic amines is 1. The molecular formula is C15H20N2O. The van der Waals surface area contributed by atoms with Gasteiger partial charge in [-0.15, -0.1) is 0 Å². The minimum absolute atomic E-state index is 0.633. The molecule has 1 unspecified atom stereocenters. The van der Waals surface area contributed by atoms with Gasteiger partial charge in [-0.05, 0) is 44.4 Å². The lowest BCUT2D eigenvalue weighted by molar-refractivity contribution is 0.419. The summed E-state index contributed by atoms with van der Waals surface area (Å²) in [6.07, 6.45) is 3.70. The Hall–Kier alpha value is -1.48. The second kappa shape index (κ2) is 4.65. The molecule has 18 heavy (non-hydrogen) atoms. The van der Waals surface area contributed by atoms with Crippen molar-refractivity contribution in [3.63, 3.8) is 0 Å². The molecule has 3 heteroatoms. The van der Waals surface area contributed by atoms with Gasteiger partial charge in [0.15, 0.2) is 0 Å². The van der Waals surface area contributed by atoms with Crippen LogP contribution < -0.4 is 10.1 Å². The number of aryl methyl sites for hydroxylation is 1. The SMILES string of the molecule is COc1cccc2c(CC3CCCN3)c(C)[nH]c12. The Bertz CT molecular complexity index is 553. The molecule has 3 rings (SSSR count). The predicted octanol–water partition coefficient (Wildman–Crippen LogP) is 2.78. The Morgan fingerprint density at radius 2 is 2.28 bits per heavy atom. The smallest absolute Gasteiger partial charge is 0.142 e. The first kappa shape index (κ1) is 11.6. The highest BCUT2D eigenvalue weighted by atomic mass is 16.5. The highest BCUT2D eigenvalue weighted by molar-refractivity contribution is 5.89. The summed E-state index contributed by atoms with van der Waals surface area (Å²) in [7, 11) is 1.73. The summed E-state index contributed by atoms with van der Waals surface area (Å²) >= 11 is 0. The molecule has 0 bridgehead atoms. The van der Waals surface area contributed by atoms with E-state index in [2.05, 4.69) is 29.4 Å². The molecule has 3 nitrogen and oxygen atoms in total. The summed E-state index contributed by atoms with van der Waals surface area (Å²) in [4.78, 5) is 3.47. The van der Waals surface area contributed by atoms with Crippen LogP contribution in [0.2, 0.25) is 0 Å². The van der Waals surface area contributed by atoms with E-state index >= 15 is 0 Å². The van der Waals surface area contributed by atoms with E-state index in [4.69, 9.17) is 4.74 Å². The molecule has 2 aromatic rings. The highest BCUT2D eigenvalue weighted by Crippen LogP contribution is 2.30. The lowest BCUT2D eigenvalue weighted by Crippen LogP contribution is -2.23. The molecule has 1 aromatic carbocycles. The van der Waals surface area contributed by atoms with Gasteiger partial charge in [-0.1, -0.05) is 12.1 Å². The quantitative estimate of drug-likeness (QED) is 0.871. The molecule has 2 N–H and O–H groups in total. The van der Waals surface area contributed by atoms with Crippen LogP contribution in [0.3, 0.4) is 0 Å². The Morgan fingerprint density at radius 1 is 1.39 bits per heavy atom. The Labute approximate surface area is 108 Å². The molecule has 1 aromatic heterocycles. The number of para-hydroxylation sites is 1. The molecule has 0 radical (unpaired) electrons. The number of hydrogen-bond acceptors (Lipinski definition) is 2. The molecule has 0 amide bonds. The molecule has 0 spiro atoms. The van der Waals surface area contributed by atoms with Crippen molar-refractivity contribution >= 4 is 10.9 Å². The maximum atomic E-state index is 5.42. The van der Waals surface area contributed by atoms with Crippen molar-refractivity contribution in [3.05, 3.63) is 29.5 Å². The maximum Gasteiger partial charge on any atom is 0.142 e. The molecule has 1 aliphatic rings. The molecule has 0 saturated carbocycles. The van der Waals surface area contributed by atoms with Gasteiger partial charge in [0.25, 0.3) is 0 Å². The van der Waals surface area contributed by atoms with Gasteiger partial charge in [0.1, 0.15) is 5.75 Å². The number of benzene rings is 1. The van der Waals surface area contributed by atoms with Crippen molar-refractivity contribution in [2.75, 3.05) is 13.7 Å². The molecule has 0 aliphatic carbocycles. The zero-order valence-corrected chi connectivity index (χ0v) is 11.0. The van der Waals surface area contributed by atoms with Gasteiger partial charge in [-0.2, -0.15) is 0 Å². The van der Waals surface area contributed by atoms with Crippen LogP contribution in [0.5, 0.6) is 5.75 Å². The predicted molar refractivity (Wildman–Crippen MR) is 74.3 cm³/mol. The van der Waals surface area contributed by atoms with Gasteiger partial charge in [0.2, 0.25) is 0 Å². The normalized spacial score (nSPS) is 19.6. The minimum Gasteiger partial charge on any atom is -0.495 e. The average Bonchev–Trinajstić information content (AvgIpc) is 2.99. The third-order valence-corrected chi connectivity index (χ3v) is 3.95. The van der Waals surface area contributed by atoms with Crippen LogP contribution in [0, 0.1) is 6.92 Å². The van der Waals surface area contributed by atoms with Gasteiger partial charge >= 0.3 is 0 Å². The summed E-state index contributed by atoms with van der Waals surface area (Å²) in [6, 6.07) is 6.90. The Balaban J connectivity index is 2.02. The van der Waals surface area contributed by atoms with Crippen molar-refractivity contribution in [1.82, 2.24) is 10.3 Å². The van der Waals surface area contributed by atoms with Gasteiger partial charge in [-0.25, -0.2) is 0 Å². The zero-order valence-electron chi connectivity index (χ0n) is 11.0. The third kappa shape index (κ3) is 1.89. The molecule has 1 saturated heterocycles.